The second-order valence-corrected chi connectivity index (χ2v) is 7.23. The third-order valence-corrected chi connectivity index (χ3v) is 5.30. The maximum Gasteiger partial charge on any atom is 0.267 e. The highest BCUT2D eigenvalue weighted by Gasteiger charge is 2.22. The Balaban J connectivity index is 1.89. The first-order valence-corrected chi connectivity index (χ1v) is 9.47. The van der Waals surface area contributed by atoms with Crippen molar-refractivity contribution in [1.29, 1.82) is 5.26 Å². The molecule has 0 spiro atoms. The number of nitrogens with zero attached hydrogens (tertiary/aromatic N) is 1. The number of benzene rings is 2. The Hall–Kier alpha value is -3.70. The average molecular weight is 408 g/mol. The first kappa shape index (κ1) is 20.0. The lowest BCUT2D eigenvalue weighted by atomic mass is 10.2. The molecule has 7 nitrogen and oxygen atoms in total. The van der Waals surface area contributed by atoms with E-state index >= 15 is 0 Å². The second-order valence-electron chi connectivity index (χ2n) is 6.21. The van der Waals surface area contributed by atoms with Crippen LogP contribution < -0.4 is 25.8 Å². The lowest BCUT2D eigenvalue weighted by Crippen LogP contribution is -2.12. The van der Waals surface area contributed by atoms with Crippen LogP contribution in [0.1, 0.15) is 20.8 Å². The number of methoxy groups -OCH3 is 2. The monoisotopic (exact) mass is 408 g/mol. The number of carbonyl (C=O) groups is 1. The van der Waals surface area contributed by atoms with Crippen LogP contribution in [-0.2, 0) is 0 Å². The van der Waals surface area contributed by atoms with Crippen molar-refractivity contribution in [2.45, 2.75) is 6.92 Å². The molecule has 3 aromatic rings. The molecule has 0 unspecified atom stereocenters. The van der Waals surface area contributed by atoms with Gasteiger partial charge in [-0.05, 0) is 19.1 Å². The molecule has 1 heterocycles. The number of nitrogens with two attached hydrogens (primary N) is 1. The van der Waals surface area contributed by atoms with Crippen molar-refractivity contribution in [3.05, 3.63) is 58.5 Å². The number of nitriles is 1. The van der Waals surface area contributed by atoms with E-state index < -0.39 is 5.91 Å². The first-order valence-electron chi connectivity index (χ1n) is 8.65. The molecule has 8 heteroatoms. The number of carbonyl (C=O) groups excluding carboxylic acids is 1. The molecule has 0 saturated carbocycles. The smallest absolute Gasteiger partial charge is 0.267 e. The van der Waals surface area contributed by atoms with Crippen LogP contribution in [0, 0.1) is 18.3 Å². The summed E-state index contributed by atoms with van der Waals surface area (Å²) in [4.78, 5) is 13.1. The van der Waals surface area contributed by atoms with E-state index in [0.29, 0.717) is 22.2 Å². The summed E-state index contributed by atoms with van der Waals surface area (Å²) < 4.78 is 10.4. The fourth-order valence-corrected chi connectivity index (χ4v) is 3.63. The van der Waals surface area contributed by atoms with Crippen LogP contribution >= 0.6 is 11.3 Å². The molecule has 2 aromatic carbocycles. The largest absolute Gasteiger partial charge is 0.497 e. The summed E-state index contributed by atoms with van der Waals surface area (Å²) >= 11 is 1.12. The number of hydrogen-bond acceptors (Lipinski definition) is 7. The molecule has 0 aliphatic carbocycles. The van der Waals surface area contributed by atoms with Crippen molar-refractivity contribution in [1.82, 2.24) is 0 Å². The lowest BCUT2D eigenvalue weighted by molar-refractivity contribution is 0.103. The van der Waals surface area contributed by atoms with E-state index in [9.17, 15) is 10.1 Å². The summed E-state index contributed by atoms with van der Waals surface area (Å²) in [6, 6.07) is 14.8. The minimum absolute atomic E-state index is 0.138. The van der Waals surface area contributed by atoms with Gasteiger partial charge in [0, 0.05) is 29.6 Å². The molecule has 148 valence electrons. The van der Waals surface area contributed by atoms with Crippen molar-refractivity contribution in [2.24, 2.45) is 0 Å². The Labute approximate surface area is 172 Å². The van der Waals surface area contributed by atoms with Gasteiger partial charge < -0.3 is 25.8 Å². The third-order valence-electron chi connectivity index (χ3n) is 4.18. The molecular formula is C21H20N4O3S. The number of aryl methyl sites for hydroxylation is 1. The van der Waals surface area contributed by atoms with E-state index in [1.807, 2.05) is 31.2 Å². The zero-order valence-corrected chi connectivity index (χ0v) is 17.0. The zero-order valence-electron chi connectivity index (χ0n) is 16.2. The predicted octanol–water partition coefficient (Wildman–Crippen LogP) is 4.52. The number of ether oxygens (including phenoxy) is 2. The number of hydrogen-bond donors (Lipinski definition) is 3. The van der Waals surface area contributed by atoms with E-state index in [1.165, 1.54) is 14.2 Å². The van der Waals surface area contributed by atoms with Gasteiger partial charge in [-0.25, -0.2) is 0 Å². The SMILES string of the molecule is COc1cc(NC(=O)c2sc(Nc3ccc(C)cc3)c(C#N)c2N)cc(OC)c1. The summed E-state index contributed by atoms with van der Waals surface area (Å²) in [6.45, 7) is 1.99. The molecule has 0 aliphatic rings. The number of anilines is 4. The number of nitrogen functional groups attached to an aromatic ring is 1. The van der Waals surface area contributed by atoms with E-state index in [2.05, 4.69) is 16.7 Å². The first-order chi connectivity index (χ1) is 13.9. The van der Waals surface area contributed by atoms with Crippen LogP contribution in [0.25, 0.3) is 0 Å². The fraction of sp³-hybridized carbons (Fsp3) is 0.143. The molecule has 0 atom stereocenters. The normalized spacial score (nSPS) is 10.1. The highest BCUT2D eigenvalue weighted by molar-refractivity contribution is 7.19. The fourth-order valence-electron chi connectivity index (χ4n) is 2.65. The van der Waals surface area contributed by atoms with Crippen LogP contribution in [-0.4, -0.2) is 20.1 Å². The molecule has 1 aromatic heterocycles. The molecule has 0 saturated heterocycles. The predicted molar refractivity (Wildman–Crippen MR) is 115 cm³/mol. The highest BCUT2D eigenvalue weighted by Crippen LogP contribution is 2.37. The summed E-state index contributed by atoms with van der Waals surface area (Å²) in [5, 5.41) is 16.0. The van der Waals surface area contributed by atoms with Crippen LogP contribution in [0.5, 0.6) is 11.5 Å². The molecule has 0 aliphatic heterocycles. The maximum atomic E-state index is 12.8. The van der Waals surface area contributed by atoms with E-state index in [4.69, 9.17) is 15.2 Å². The second kappa shape index (κ2) is 8.54. The lowest BCUT2D eigenvalue weighted by Gasteiger charge is -2.09. The Morgan fingerprint density at radius 2 is 1.69 bits per heavy atom. The van der Waals surface area contributed by atoms with Crippen molar-refractivity contribution < 1.29 is 14.3 Å². The molecule has 0 radical (unpaired) electrons. The Morgan fingerprint density at radius 1 is 1.07 bits per heavy atom. The summed E-state index contributed by atoms with van der Waals surface area (Å²) in [7, 11) is 3.06. The van der Waals surface area contributed by atoms with Gasteiger partial charge in [0.15, 0.2) is 0 Å². The van der Waals surface area contributed by atoms with Crippen LogP contribution in [0.15, 0.2) is 42.5 Å². The van der Waals surface area contributed by atoms with Crippen molar-refractivity contribution in [3.63, 3.8) is 0 Å². The maximum absolute atomic E-state index is 12.8. The Bertz CT molecular complexity index is 1060. The van der Waals surface area contributed by atoms with E-state index in [1.54, 1.807) is 18.2 Å². The molecule has 0 fully saturated rings. The topological polar surface area (TPSA) is 109 Å². The van der Waals surface area contributed by atoms with Crippen molar-refractivity contribution in [2.75, 3.05) is 30.6 Å². The summed E-state index contributed by atoms with van der Waals surface area (Å²) in [5.41, 5.74) is 8.89. The van der Waals surface area contributed by atoms with Gasteiger partial charge in [0.1, 0.15) is 33.0 Å². The molecule has 29 heavy (non-hydrogen) atoms. The van der Waals surface area contributed by atoms with E-state index in [0.717, 1.165) is 22.6 Å². The molecular weight excluding hydrogens is 388 g/mol. The zero-order chi connectivity index (χ0) is 21.0. The van der Waals surface area contributed by atoms with Gasteiger partial charge in [-0.1, -0.05) is 17.7 Å². The minimum Gasteiger partial charge on any atom is -0.497 e. The van der Waals surface area contributed by atoms with Gasteiger partial charge in [0.25, 0.3) is 5.91 Å². The molecule has 3 rings (SSSR count). The standard InChI is InChI=1S/C21H20N4O3S/c1-12-4-6-13(7-5-12)25-21-17(11-22)18(23)19(29-21)20(26)24-14-8-15(27-2)10-16(9-14)28-3/h4-10,25H,23H2,1-3H3,(H,24,26). The molecule has 1 amide bonds. The number of nitrogens with one attached hydrogen (secondary N) is 2. The Morgan fingerprint density at radius 3 is 2.24 bits per heavy atom. The molecule has 0 bridgehead atoms. The van der Waals surface area contributed by atoms with Gasteiger partial charge in [0.05, 0.1) is 19.9 Å². The summed E-state index contributed by atoms with van der Waals surface area (Å²) in [6.07, 6.45) is 0. The van der Waals surface area contributed by atoms with Crippen LogP contribution in [0.2, 0.25) is 0 Å². The van der Waals surface area contributed by atoms with Gasteiger partial charge in [-0.3, -0.25) is 4.79 Å². The van der Waals surface area contributed by atoms with E-state index in [-0.39, 0.29) is 16.1 Å². The third kappa shape index (κ3) is 4.42. The quantitative estimate of drug-likeness (QED) is 0.553. The van der Waals surface area contributed by atoms with Gasteiger partial charge in [-0.2, -0.15) is 5.26 Å². The highest BCUT2D eigenvalue weighted by atomic mass is 32.1. The average Bonchev–Trinajstić information content (AvgIpc) is 3.04. The number of amides is 1. The van der Waals surface area contributed by atoms with Crippen LogP contribution in [0.4, 0.5) is 22.1 Å². The van der Waals surface area contributed by atoms with Crippen LogP contribution in [0.3, 0.4) is 0 Å². The summed E-state index contributed by atoms with van der Waals surface area (Å²) in [5.74, 6) is 0.660. The van der Waals surface area contributed by atoms with Gasteiger partial charge in [-0.15, -0.1) is 11.3 Å². The van der Waals surface area contributed by atoms with Crippen molar-refractivity contribution >= 4 is 39.3 Å². The number of rotatable bonds is 6. The van der Waals surface area contributed by atoms with Gasteiger partial charge >= 0.3 is 0 Å². The number of thiophene rings is 1. The Kier molecular flexibility index (Phi) is 5.90. The minimum atomic E-state index is -0.420. The van der Waals surface area contributed by atoms with Gasteiger partial charge in [0.2, 0.25) is 0 Å². The van der Waals surface area contributed by atoms with Crippen molar-refractivity contribution in [3.8, 4) is 17.6 Å². The molecule has 4 N–H and O–H groups in total.